The number of nitrogens with one attached hydrogen (secondary N) is 1. The molecule has 0 aliphatic heterocycles. The van der Waals surface area contributed by atoms with Crippen LogP contribution in [-0.2, 0) is 6.42 Å². The van der Waals surface area contributed by atoms with Gasteiger partial charge in [-0.1, -0.05) is 13.0 Å². The predicted octanol–water partition coefficient (Wildman–Crippen LogP) is 5.31. The van der Waals surface area contributed by atoms with Gasteiger partial charge in [0.1, 0.15) is 5.82 Å². The monoisotopic (exact) mass is 405 g/mol. The molecule has 0 aliphatic carbocycles. The molecule has 1 nitrogen and oxygen atoms in total. The van der Waals surface area contributed by atoms with E-state index in [1.54, 1.807) is 23.5 Å². The highest BCUT2D eigenvalue weighted by molar-refractivity contribution is 9.10. The van der Waals surface area contributed by atoms with Gasteiger partial charge in [0.05, 0.1) is 4.47 Å². The van der Waals surface area contributed by atoms with E-state index in [0.717, 1.165) is 23.0 Å². The highest BCUT2D eigenvalue weighted by atomic mass is 79.9. The lowest BCUT2D eigenvalue weighted by Gasteiger charge is -2.18. The fourth-order valence-electron chi connectivity index (χ4n) is 1.95. The molecule has 0 radical (unpaired) electrons. The van der Waals surface area contributed by atoms with Crippen LogP contribution in [0.2, 0.25) is 0 Å². The molecule has 1 aromatic heterocycles. The van der Waals surface area contributed by atoms with Crippen molar-refractivity contribution in [2.75, 3.05) is 6.54 Å². The van der Waals surface area contributed by atoms with Crippen LogP contribution in [0.15, 0.2) is 38.6 Å². The first-order valence-corrected chi connectivity index (χ1v) is 8.48. The summed E-state index contributed by atoms with van der Waals surface area (Å²) in [6.45, 7) is 2.92. The minimum atomic E-state index is -0.215. The molecular formula is C14H14Br2FNS. The highest BCUT2D eigenvalue weighted by Gasteiger charge is 2.14. The second-order valence-electron chi connectivity index (χ2n) is 4.22. The van der Waals surface area contributed by atoms with E-state index < -0.39 is 0 Å². The first kappa shape index (κ1) is 15.2. The Labute approximate surface area is 133 Å². The molecule has 0 saturated heterocycles. The molecular weight excluding hydrogens is 393 g/mol. The van der Waals surface area contributed by atoms with Crippen LogP contribution in [0, 0.1) is 5.82 Å². The number of likely N-dealkylation sites (N-methyl/N-ethyl adjacent to an activating group) is 1. The Bertz CT molecular complexity index is 556. The molecule has 1 N–H and O–H groups in total. The zero-order valence-electron chi connectivity index (χ0n) is 10.4. The molecule has 0 aliphatic rings. The second-order valence-corrected chi connectivity index (χ2v) is 6.98. The normalized spacial score (nSPS) is 12.6. The summed E-state index contributed by atoms with van der Waals surface area (Å²) in [5, 5.41) is 5.48. The van der Waals surface area contributed by atoms with Gasteiger partial charge in [-0.2, -0.15) is 0 Å². The topological polar surface area (TPSA) is 12.0 Å². The molecule has 2 rings (SSSR count). The number of hydrogen-bond donors (Lipinski definition) is 1. The van der Waals surface area contributed by atoms with Crippen molar-refractivity contribution < 1.29 is 4.39 Å². The van der Waals surface area contributed by atoms with E-state index in [4.69, 9.17) is 0 Å². The van der Waals surface area contributed by atoms with Gasteiger partial charge >= 0.3 is 0 Å². The summed E-state index contributed by atoms with van der Waals surface area (Å²) in [6, 6.07) is 7.57. The lowest BCUT2D eigenvalue weighted by molar-refractivity contribution is 0.545. The molecule has 1 heterocycles. The van der Waals surface area contributed by atoms with Crippen molar-refractivity contribution in [3.05, 3.63) is 54.8 Å². The lowest BCUT2D eigenvalue weighted by atomic mass is 10.0. The Morgan fingerprint density at radius 2 is 2.11 bits per heavy atom. The Hall–Kier alpha value is -0.230. The van der Waals surface area contributed by atoms with Crippen LogP contribution in [0.25, 0.3) is 0 Å². The standard InChI is InChI=1S/C14H14Br2FNS/c1-2-18-14(7-11-6-10(15)8-19-11)9-3-4-12(16)13(17)5-9/h3-6,8,14,18H,2,7H2,1H3. The third kappa shape index (κ3) is 4.12. The summed E-state index contributed by atoms with van der Waals surface area (Å²) < 4.78 is 15.2. The highest BCUT2D eigenvalue weighted by Crippen LogP contribution is 2.27. The Kier molecular flexibility index (Phi) is 5.57. The van der Waals surface area contributed by atoms with Gasteiger partial charge in [0, 0.05) is 27.2 Å². The zero-order valence-corrected chi connectivity index (χ0v) is 14.4. The van der Waals surface area contributed by atoms with E-state index >= 15 is 0 Å². The quantitative estimate of drug-likeness (QED) is 0.709. The van der Waals surface area contributed by atoms with Gasteiger partial charge in [0.2, 0.25) is 0 Å². The van der Waals surface area contributed by atoms with Crippen LogP contribution in [0.3, 0.4) is 0 Å². The number of halogens is 3. The minimum Gasteiger partial charge on any atom is -0.310 e. The largest absolute Gasteiger partial charge is 0.310 e. The third-order valence-electron chi connectivity index (χ3n) is 2.82. The van der Waals surface area contributed by atoms with Crippen molar-refractivity contribution in [2.45, 2.75) is 19.4 Å². The molecule has 0 saturated carbocycles. The molecule has 1 aromatic carbocycles. The summed E-state index contributed by atoms with van der Waals surface area (Å²) in [6.07, 6.45) is 0.866. The molecule has 5 heteroatoms. The summed E-state index contributed by atoms with van der Waals surface area (Å²) in [4.78, 5) is 1.28. The van der Waals surface area contributed by atoms with Crippen molar-refractivity contribution in [3.8, 4) is 0 Å². The number of benzene rings is 1. The van der Waals surface area contributed by atoms with E-state index in [9.17, 15) is 4.39 Å². The first-order chi connectivity index (χ1) is 9.10. The molecule has 0 bridgehead atoms. The second kappa shape index (κ2) is 6.97. The predicted molar refractivity (Wildman–Crippen MR) is 86.2 cm³/mol. The molecule has 1 unspecified atom stereocenters. The molecule has 0 fully saturated rings. The zero-order chi connectivity index (χ0) is 13.8. The SMILES string of the molecule is CCNC(Cc1cc(Br)cs1)c1ccc(Br)c(F)c1. The van der Waals surface area contributed by atoms with Crippen molar-refractivity contribution in [1.29, 1.82) is 0 Å². The number of rotatable bonds is 5. The van der Waals surface area contributed by atoms with Gasteiger partial charge < -0.3 is 5.32 Å². The van der Waals surface area contributed by atoms with Crippen LogP contribution in [0.5, 0.6) is 0 Å². The summed E-state index contributed by atoms with van der Waals surface area (Å²) in [5.74, 6) is -0.215. The van der Waals surface area contributed by atoms with Crippen LogP contribution < -0.4 is 5.32 Å². The van der Waals surface area contributed by atoms with Crippen LogP contribution in [-0.4, -0.2) is 6.54 Å². The summed E-state index contributed by atoms with van der Waals surface area (Å²) in [5.41, 5.74) is 0.979. The minimum absolute atomic E-state index is 0.137. The third-order valence-corrected chi connectivity index (χ3v) is 5.19. The number of hydrogen-bond acceptors (Lipinski definition) is 2. The maximum absolute atomic E-state index is 13.6. The van der Waals surface area contributed by atoms with E-state index in [0.29, 0.717) is 4.47 Å². The van der Waals surface area contributed by atoms with Crippen LogP contribution in [0.4, 0.5) is 4.39 Å². The van der Waals surface area contributed by atoms with E-state index in [-0.39, 0.29) is 11.9 Å². The van der Waals surface area contributed by atoms with Gasteiger partial charge in [0.25, 0.3) is 0 Å². The van der Waals surface area contributed by atoms with Gasteiger partial charge in [-0.3, -0.25) is 0 Å². The smallest absolute Gasteiger partial charge is 0.137 e. The molecule has 102 valence electrons. The van der Waals surface area contributed by atoms with Crippen molar-refractivity contribution in [3.63, 3.8) is 0 Å². The van der Waals surface area contributed by atoms with Crippen molar-refractivity contribution >= 4 is 43.2 Å². The van der Waals surface area contributed by atoms with E-state index in [1.165, 1.54) is 4.88 Å². The maximum Gasteiger partial charge on any atom is 0.137 e. The molecule has 2 aromatic rings. The van der Waals surface area contributed by atoms with Gasteiger partial charge in [-0.15, -0.1) is 11.3 Å². The first-order valence-electron chi connectivity index (χ1n) is 6.01. The molecule has 0 amide bonds. The maximum atomic E-state index is 13.6. The molecule has 19 heavy (non-hydrogen) atoms. The van der Waals surface area contributed by atoms with Gasteiger partial charge in [-0.25, -0.2) is 4.39 Å². The summed E-state index contributed by atoms with van der Waals surface area (Å²) in [7, 11) is 0. The van der Waals surface area contributed by atoms with E-state index in [1.807, 2.05) is 6.07 Å². The fraction of sp³-hybridized carbons (Fsp3) is 0.286. The van der Waals surface area contributed by atoms with Crippen LogP contribution in [0.1, 0.15) is 23.4 Å². The summed E-state index contributed by atoms with van der Waals surface area (Å²) >= 11 is 8.37. The van der Waals surface area contributed by atoms with Gasteiger partial charge in [-0.05, 0) is 62.2 Å². The molecule has 0 spiro atoms. The Morgan fingerprint density at radius 1 is 1.32 bits per heavy atom. The van der Waals surface area contributed by atoms with Crippen molar-refractivity contribution in [2.24, 2.45) is 0 Å². The Balaban J connectivity index is 2.21. The Morgan fingerprint density at radius 3 is 2.68 bits per heavy atom. The van der Waals surface area contributed by atoms with Crippen molar-refractivity contribution in [1.82, 2.24) is 5.32 Å². The average Bonchev–Trinajstić information content (AvgIpc) is 2.78. The fourth-order valence-corrected chi connectivity index (χ4v) is 3.69. The molecule has 1 atom stereocenters. The van der Waals surface area contributed by atoms with E-state index in [2.05, 4.69) is 55.5 Å². The average molecular weight is 407 g/mol. The lowest BCUT2D eigenvalue weighted by Crippen LogP contribution is -2.22. The van der Waals surface area contributed by atoms with Gasteiger partial charge in [0.15, 0.2) is 0 Å². The van der Waals surface area contributed by atoms with Crippen LogP contribution >= 0.6 is 43.2 Å². The number of thiophene rings is 1.